The lowest BCUT2D eigenvalue weighted by atomic mass is 9.65. The van der Waals surface area contributed by atoms with Gasteiger partial charge in [0.05, 0.1) is 17.6 Å². The monoisotopic (exact) mass is 467 g/mol. The SMILES string of the molecule is CCC(C)(C)C(=O)O[C@H]1C[C@@H](C)C=C2C=C[C@H](C)C(CCC(O)C[C@@H](O)[C@H](C)C(=O)[O-])C21.[NH4+]. The molecule has 7 nitrogen and oxygen atoms in total. The number of aliphatic carboxylic acids is 1. The quantitative estimate of drug-likeness (QED) is 0.420. The highest BCUT2D eigenvalue weighted by molar-refractivity contribution is 5.76. The van der Waals surface area contributed by atoms with Gasteiger partial charge in [0.15, 0.2) is 0 Å². The fraction of sp³-hybridized carbons (Fsp3) is 0.769. The van der Waals surface area contributed by atoms with Gasteiger partial charge in [-0.2, -0.15) is 0 Å². The van der Waals surface area contributed by atoms with Crippen molar-refractivity contribution in [2.75, 3.05) is 0 Å². The molecular weight excluding hydrogens is 422 g/mol. The molecule has 190 valence electrons. The van der Waals surface area contributed by atoms with Gasteiger partial charge in [-0.15, -0.1) is 0 Å². The van der Waals surface area contributed by atoms with E-state index in [0.717, 1.165) is 6.42 Å². The van der Waals surface area contributed by atoms with E-state index in [0.29, 0.717) is 25.2 Å². The average Bonchev–Trinajstić information content (AvgIpc) is 2.72. The molecule has 0 fully saturated rings. The summed E-state index contributed by atoms with van der Waals surface area (Å²) < 4.78 is 6.11. The Morgan fingerprint density at radius 1 is 1.27 bits per heavy atom. The van der Waals surface area contributed by atoms with Crippen LogP contribution in [0.5, 0.6) is 0 Å². The van der Waals surface area contributed by atoms with Crippen molar-refractivity contribution in [1.29, 1.82) is 0 Å². The largest absolute Gasteiger partial charge is 0.550 e. The Labute approximate surface area is 198 Å². The minimum Gasteiger partial charge on any atom is -0.550 e. The number of ether oxygens (including phenoxy) is 1. The van der Waals surface area contributed by atoms with Gasteiger partial charge in [0.1, 0.15) is 6.10 Å². The van der Waals surface area contributed by atoms with Crippen LogP contribution in [0.3, 0.4) is 0 Å². The maximum atomic E-state index is 12.9. The molecule has 0 radical (unpaired) electrons. The number of aliphatic hydroxyl groups is 2. The molecule has 0 amide bonds. The molecule has 0 bridgehead atoms. The number of carboxylic acid groups (broad SMARTS) is 1. The van der Waals surface area contributed by atoms with Crippen LogP contribution in [0.1, 0.15) is 73.6 Å². The van der Waals surface area contributed by atoms with E-state index in [4.69, 9.17) is 4.74 Å². The van der Waals surface area contributed by atoms with Crippen LogP contribution in [0, 0.1) is 35.0 Å². The third-order valence-electron chi connectivity index (χ3n) is 7.59. The lowest BCUT2D eigenvalue weighted by Gasteiger charge is -2.44. The van der Waals surface area contributed by atoms with Crippen LogP contribution >= 0.6 is 0 Å². The van der Waals surface area contributed by atoms with Gasteiger partial charge in [0.2, 0.25) is 0 Å². The van der Waals surface area contributed by atoms with Crippen molar-refractivity contribution in [1.82, 2.24) is 6.15 Å². The molecule has 0 aliphatic heterocycles. The fourth-order valence-electron chi connectivity index (χ4n) is 4.81. The number of rotatable bonds is 10. The molecule has 2 aliphatic carbocycles. The van der Waals surface area contributed by atoms with Gasteiger partial charge < -0.3 is 31.0 Å². The molecule has 2 rings (SSSR count). The van der Waals surface area contributed by atoms with E-state index >= 15 is 0 Å². The highest BCUT2D eigenvalue weighted by atomic mass is 16.5. The third-order valence-corrected chi connectivity index (χ3v) is 7.59. The molecule has 0 aromatic rings. The molecular formula is C26H45NO6. The van der Waals surface area contributed by atoms with Gasteiger partial charge in [-0.3, -0.25) is 4.79 Å². The molecule has 8 atom stereocenters. The van der Waals surface area contributed by atoms with Crippen molar-refractivity contribution >= 4 is 11.9 Å². The lowest BCUT2D eigenvalue weighted by molar-refractivity contribution is -0.313. The van der Waals surface area contributed by atoms with Crippen LogP contribution in [0.15, 0.2) is 23.8 Å². The number of carbonyl (C=O) groups is 2. The van der Waals surface area contributed by atoms with E-state index in [-0.39, 0.29) is 42.4 Å². The van der Waals surface area contributed by atoms with E-state index in [1.54, 1.807) is 0 Å². The van der Waals surface area contributed by atoms with Crippen molar-refractivity contribution < 1.29 is 29.6 Å². The molecule has 0 aromatic carbocycles. The lowest BCUT2D eigenvalue weighted by Crippen LogP contribution is -2.43. The molecule has 0 saturated heterocycles. The van der Waals surface area contributed by atoms with Gasteiger partial charge in [0.25, 0.3) is 0 Å². The summed E-state index contributed by atoms with van der Waals surface area (Å²) in [5.41, 5.74) is 0.664. The zero-order valence-electron chi connectivity index (χ0n) is 21.4. The number of esters is 1. The minimum atomic E-state index is -1.32. The number of hydrogen-bond acceptors (Lipinski definition) is 6. The molecule has 0 aromatic heterocycles. The van der Waals surface area contributed by atoms with E-state index in [1.807, 2.05) is 20.8 Å². The summed E-state index contributed by atoms with van der Waals surface area (Å²) in [7, 11) is 0. The van der Waals surface area contributed by atoms with Crippen LogP contribution in [0.2, 0.25) is 0 Å². The van der Waals surface area contributed by atoms with E-state index < -0.39 is 29.5 Å². The van der Waals surface area contributed by atoms with Crippen molar-refractivity contribution in [3.8, 4) is 0 Å². The number of allylic oxidation sites excluding steroid dienone is 3. The number of aliphatic hydroxyl groups excluding tert-OH is 2. The summed E-state index contributed by atoms with van der Waals surface area (Å²) in [6, 6.07) is 0. The van der Waals surface area contributed by atoms with Crippen LogP contribution in [-0.4, -0.2) is 40.5 Å². The molecule has 3 unspecified atom stereocenters. The Bertz CT molecular complexity index is 730. The number of quaternary nitrogens is 1. The van der Waals surface area contributed by atoms with Gasteiger partial charge in [-0.05, 0) is 69.3 Å². The summed E-state index contributed by atoms with van der Waals surface area (Å²) in [6.07, 6.45) is 7.06. The second kappa shape index (κ2) is 12.1. The Morgan fingerprint density at radius 3 is 2.48 bits per heavy atom. The Morgan fingerprint density at radius 2 is 1.91 bits per heavy atom. The van der Waals surface area contributed by atoms with E-state index in [1.165, 1.54) is 12.5 Å². The first kappa shape index (κ1) is 29.3. The molecule has 7 heteroatoms. The Balaban J connectivity index is 0.00000544. The highest BCUT2D eigenvalue weighted by Gasteiger charge is 2.42. The second-order valence-corrected chi connectivity index (χ2v) is 10.6. The third kappa shape index (κ3) is 7.39. The first-order valence-corrected chi connectivity index (χ1v) is 12.0. The maximum absolute atomic E-state index is 12.9. The maximum Gasteiger partial charge on any atom is 0.311 e. The Kier molecular flexibility index (Phi) is 10.8. The van der Waals surface area contributed by atoms with E-state index in [9.17, 15) is 24.9 Å². The van der Waals surface area contributed by atoms with Gasteiger partial charge >= 0.3 is 5.97 Å². The van der Waals surface area contributed by atoms with Gasteiger partial charge in [-0.25, -0.2) is 0 Å². The molecule has 2 aliphatic rings. The molecule has 33 heavy (non-hydrogen) atoms. The summed E-state index contributed by atoms with van der Waals surface area (Å²) >= 11 is 0. The predicted octanol–water partition coefficient (Wildman–Crippen LogP) is 3.39. The summed E-state index contributed by atoms with van der Waals surface area (Å²) in [4.78, 5) is 23.8. The summed E-state index contributed by atoms with van der Waals surface area (Å²) in [6.45, 7) is 11.5. The Hall–Kier alpha value is -1.70. The molecule has 0 spiro atoms. The minimum absolute atomic E-state index is 0. The van der Waals surface area contributed by atoms with Gasteiger partial charge in [0, 0.05) is 17.8 Å². The zero-order valence-corrected chi connectivity index (χ0v) is 21.4. The van der Waals surface area contributed by atoms with Crippen molar-refractivity contribution in [3.05, 3.63) is 23.8 Å². The molecule has 0 heterocycles. The second-order valence-electron chi connectivity index (χ2n) is 10.6. The molecule has 6 N–H and O–H groups in total. The first-order valence-electron chi connectivity index (χ1n) is 12.0. The van der Waals surface area contributed by atoms with Crippen LogP contribution in [0.4, 0.5) is 0 Å². The van der Waals surface area contributed by atoms with Crippen molar-refractivity contribution in [2.45, 2.75) is 92.0 Å². The molecule has 0 saturated carbocycles. The van der Waals surface area contributed by atoms with Crippen LogP contribution in [-0.2, 0) is 14.3 Å². The number of carbonyl (C=O) groups excluding carboxylic acids is 2. The number of fused-ring (bicyclic) bond motifs is 1. The average molecular weight is 468 g/mol. The van der Waals surface area contributed by atoms with Crippen molar-refractivity contribution in [3.63, 3.8) is 0 Å². The highest BCUT2D eigenvalue weighted by Crippen LogP contribution is 2.45. The topological polar surface area (TPSA) is 143 Å². The van der Waals surface area contributed by atoms with Crippen LogP contribution in [0.25, 0.3) is 0 Å². The first-order chi connectivity index (χ1) is 14.9. The number of carboxylic acids is 1. The van der Waals surface area contributed by atoms with Crippen molar-refractivity contribution in [2.24, 2.45) is 35.0 Å². The number of hydrogen-bond donors (Lipinski definition) is 3. The summed E-state index contributed by atoms with van der Waals surface area (Å²) in [5, 5.41) is 31.5. The predicted molar refractivity (Wildman–Crippen MR) is 127 cm³/mol. The van der Waals surface area contributed by atoms with Gasteiger partial charge in [-0.1, -0.05) is 45.9 Å². The smallest absolute Gasteiger partial charge is 0.311 e. The fourth-order valence-corrected chi connectivity index (χ4v) is 4.81. The van der Waals surface area contributed by atoms with Crippen LogP contribution < -0.4 is 11.3 Å². The zero-order chi connectivity index (χ0) is 24.2. The standard InChI is InChI=1S/C26H42O6.H3N/c1-7-26(5,6)25(31)32-22-13-15(2)12-18-9-8-16(3)20(23(18)22)11-10-19(27)14-21(28)17(4)24(29)30;/h8-9,12,15-17,19-23,27-28H,7,10-11,13-14H2,1-6H3,(H,29,30);1H3/t15-,16-,17-,19?,20?,21+,22-,23?;/m0./s1. The normalized spacial score (nSPS) is 29.7. The van der Waals surface area contributed by atoms with E-state index in [2.05, 4.69) is 32.1 Å². The summed E-state index contributed by atoms with van der Waals surface area (Å²) in [5.74, 6) is -1.69.